The lowest BCUT2D eigenvalue weighted by Gasteiger charge is -2.13. The second kappa shape index (κ2) is 9.15. The fourth-order valence-electron chi connectivity index (χ4n) is 1.44. The first kappa shape index (κ1) is 14.9. The van der Waals surface area contributed by atoms with Gasteiger partial charge in [-0.25, -0.2) is 0 Å². The quantitative estimate of drug-likeness (QED) is 0.331. The number of nitrogens with two attached hydrogens (primary N) is 1. The van der Waals surface area contributed by atoms with Crippen LogP contribution in [0.4, 0.5) is 0 Å². The summed E-state index contributed by atoms with van der Waals surface area (Å²) in [7, 11) is -1.16. The van der Waals surface area contributed by atoms with Gasteiger partial charge in [-0.15, -0.1) is 0 Å². The molecule has 0 rings (SSSR count). The lowest BCUT2D eigenvalue weighted by molar-refractivity contribution is 0.400. The molecule has 4 nitrogen and oxygen atoms in total. The Bertz CT molecular complexity index is 145. The molecule has 0 saturated carbocycles. The van der Waals surface area contributed by atoms with Crippen LogP contribution in [0, 0.1) is 0 Å². The van der Waals surface area contributed by atoms with E-state index in [4.69, 9.17) is 15.8 Å². The maximum Gasteiger partial charge on any atom is 0.451 e. The van der Waals surface area contributed by atoms with Crippen molar-refractivity contribution >= 4 is 7.12 Å². The molecule has 0 fully saturated rings. The van der Waals surface area contributed by atoms with Crippen LogP contribution in [0.15, 0.2) is 0 Å². The van der Waals surface area contributed by atoms with Crippen molar-refractivity contribution in [2.75, 3.05) is 6.54 Å². The molecular formula is C10H25BN2O2. The zero-order chi connectivity index (χ0) is 11.7. The van der Waals surface area contributed by atoms with Crippen LogP contribution in [0.25, 0.3) is 0 Å². The molecule has 0 amide bonds. The standard InChI is InChI=1S/C10H25BN2O2/c1-9(2)13-8-6-10(12)5-3-4-7-11(14)15/h9-10,13-15H,3-8,12H2,1-2H3. The average molecular weight is 216 g/mol. The molecule has 5 heteroatoms. The Kier molecular flexibility index (Phi) is 9.10. The summed E-state index contributed by atoms with van der Waals surface area (Å²) in [5, 5.41) is 20.6. The van der Waals surface area contributed by atoms with E-state index >= 15 is 0 Å². The minimum atomic E-state index is -1.16. The Labute approximate surface area is 93.4 Å². The summed E-state index contributed by atoms with van der Waals surface area (Å²) in [6, 6.07) is 0.744. The third kappa shape index (κ3) is 11.8. The van der Waals surface area contributed by atoms with Crippen molar-refractivity contribution in [1.82, 2.24) is 5.32 Å². The minimum absolute atomic E-state index is 0.229. The molecule has 0 aliphatic carbocycles. The van der Waals surface area contributed by atoms with E-state index in [1.165, 1.54) is 0 Å². The summed E-state index contributed by atoms with van der Waals surface area (Å²) < 4.78 is 0. The Morgan fingerprint density at radius 1 is 1.20 bits per heavy atom. The number of unbranched alkanes of at least 4 members (excludes halogenated alkanes) is 1. The van der Waals surface area contributed by atoms with Crippen LogP contribution in [0.3, 0.4) is 0 Å². The molecule has 0 aromatic heterocycles. The second-order valence-electron chi connectivity index (χ2n) is 4.42. The molecule has 0 bridgehead atoms. The predicted molar refractivity (Wildman–Crippen MR) is 64.6 cm³/mol. The Morgan fingerprint density at radius 3 is 2.40 bits per heavy atom. The second-order valence-corrected chi connectivity index (χ2v) is 4.42. The summed E-state index contributed by atoms with van der Waals surface area (Å²) >= 11 is 0. The smallest absolute Gasteiger partial charge is 0.427 e. The Hall–Kier alpha value is -0.0951. The zero-order valence-corrected chi connectivity index (χ0v) is 9.95. The van der Waals surface area contributed by atoms with Crippen molar-refractivity contribution in [3.05, 3.63) is 0 Å². The first-order valence-electron chi connectivity index (χ1n) is 5.87. The number of nitrogens with one attached hydrogen (secondary N) is 1. The molecule has 1 atom stereocenters. The average Bonchev–Trinajstić information content (AvgIpc) is 2.11. The topological polar surface area (TPSA) is 78.5 Å². The van der Waals surface area contributed by atoms with Crippen LogP contribution in [0.1, 0.15) is 39.5 Å². The van der Waals surface area contributed by atoms with Gasteiger partial charge in [0, 0.05) is 12.1 Å². The molecule has 0 radical (unpaired) electrons. The van der Waals surface area contributed by atoms with Gasteiger partial charge in [0.1, 0.15) is 0 Å². The van der Waals surface area contributed by atoms with Crippen molar-refractivity contribution in [3.63, 3.8) is 0 Å². The van der Waals surface area contributed by atoms with Gasteiger partial charge in [-0.2, -0.15) is 0 Å². The maximum absolute atomic E-state index is 8.63. The summed E-state index contributed by atoms with van der Waals surface area (Å²) in [4.78, 5) is 0. The minimum Gasteiger partial charge on any atom is -0.427 e. The Balaban J connectivity index is 3.22. The molecular weight excluding hydrogens is 191 g/mol. The van der Waals surface area contributed by atoms with Gasteiger partial charge in [-0.1, -0.05) is 26.7 Å². The SMILES string of the molecule is CC(C)NCCC(N)CCCCB(O)O. The van der Waals surface area contributed by atoms with Gasteiger partial charge in [0.05, 0.1) is 0 Å². The van der Waals surface area contributed by atoms with Gasteiger partial charge in [0.2, 0.25) is 0 Å². The highest BCUT2D eigenvalue weighted by Gasteiger charge is 2.07. The van der Waals surface area contributed by atoms with Gasteiger partial charge in [0.25, 0.3) is 0 Å². The van der Waals surface area contributed by atoms with E-state index in [2.05, 4.69) is 19.2 Å². The summed E-state index contributed by atoms with van der Waals surface area (Å²) in [6.07, 6.45) is 4.22. The summed E-state index contributed by atoms with van der Waals surface area (Å²) in [5.74, 6) is 0. The van der Waals surface area contributed by atoms with Crippen molar-refractivity contribution in [2.24, 2.45) is 5.73 Å². The third-order valence-corrected chi connectivity index (χ3v) is 2.35. The third-order valence-electron chi connectivity index (χ3n) is 2.35. The van der Waals surface area contributed by atoms with E-state index in [0.29, 0.717) is 12.4 Å². The monoisotopic (exact) mass is 216 g/mol. The van der Waals surface area contributed by atoms with Gasteiger partial charge in [-0.05, 0) is 25.7 Å². The van der Waals surface area contributed by atoms with Crippen molar-refractivity contribution in [1.29, 1.82) is 0 Å². The van der Waals surface area contributed by atoms with Gasteiger partial charge >= 0.3 is 7.12 Å². The van der Waals surface area contributed by atoms with E-state index in [1.54, 1.807) is 0 Å². The van der Waals surface area contributed by atoms with Gasteiger partial charge in [0.15, 0.2) is 0 Å². The molecule has 0 aromatic rings. The first-order chi connectivity index (χ1) is 7.02. The van der Waals surface area contributed by atoms with Crippen LogP contribution in [0.2, 0.25) is 6.32 Å². The fourth-order valence-corrected chi connectivity index (χ4v) is 1.44. The van der Waals surface area contributed by atoms with Crippen LogP contribution in [0.5, 0.6) is 0 Å². The summed E-state index contributed by atoms with van der Waals surface area (Å²) in [5.41, 5.74) is 5.91. The predicted octanol–water partition coefficient (Wildman–Crippen LogP) is 0.345. The molecule has 1 unspecified atom stereocenters. The summed E-state index contributed by atoms with van der Waals surface area (Å²) in [6.45, 7) is 5.20. The molecule has 15 heavy (non-hydrogen) atoms. The highest BCUT2D eigenvalue weighted by Crippen LogP contribution is 2.05. The fraction of sp³-hybridized carbons (Fsp3) is 1.00. The number of rotatable bonds is 9. The van der Waals surface area contributed by atoms with Gasteiger partial charge in [-0.3, -0.25) is 0 Å². The van der Waals surface area contributed by atoms with Crippen LogP contribution >= 0.6 is 0 Å². The molecule has 0 saturated heterocycles. The largest absolute Gasteiger partial charge is 0.451 e. The highest BCUT2D eigenvalue weighted by molar-refractivity contribution is 6.40. The van der Waals surface area contributed by atoms with Crippen LogP contribution in [-0.2, 0) is 0 Å². The van der Waals surface area contributed by atoms with Gasteiger partial charge < -0.3 is 21.1 Å². The first-order valence-corrected chi connectivity index (χ1v) is 5.87. The molecule has 0 aromatic carbocycles. The van der Waals surface area contributed by atoms with Crippen LogP contribution < -0.4 is 11.1 Å². The van der Waals surface area contributed by atoms with E-state index in [-0.39, 0.29) is 6.04 Å². The maximum atomic E-state index is 8.63. The van der Waals surface area contributed by atoms with E-state index in [1.807, 2.05) is 0 Å². The van der Waals surface area contributed by atoms with Crippen molar-refractivity contribution in [2.45, 2.75) is 57.9 Å². The molecule has 0 aliphatic rings. The number of hydrogen-bond donors (Lipinski definition) is 4. The lowest BCUT2D eigenvalue weighted by atomic mass is 9.83. The number of hydrogen-bond acceptors (Lipinski definition) is 4. The van der Waals surface area contributed by atoms with E-state index in [9.17, 15) is 0 Å². The molecule has 0 aliphatic heterocycles. The zero-order valence-electron chi connectivity index (χ0n) is 9.95. The molecule has 0 heterocycles. The molecule has 90 valence electrons. The Morgan fingerprint density at radius 2 is 1.87 bits per heavy atom. The van der Waals surface area contributed by atoms with Crippen LogP contribution in [-0.4, -0.2) is 35.8 Å². The highest BCUT2D eigenvalue weighted by atomic mass is 16.4. The lowest BCUT2D eigenvalue weighted by Crippen LogP contribution is -2.30. The van der Waals surface area contributed by atoms with Crippen molar-refractivity contribution < 1.29 is 10.0 Å². The van der Waals surface area contributed by atoms with E-state index in [0.717, 1.165) is 32.2 Å². The van der Waals surface area contributed by atoms with Crippen molar-refractivity contribution in [3.8, 4) is 0 Å². The normalized spacial score (nSPS) is 13.2. The van der Waals surface area contributed by atoms with E-state index < -0.39 is 7.12 Å². The molecule has 5 N–H and O–H groups in total. The molecule has 0 spiro atoms.